The lowest BCUT2D eigenvalue weighted by Crippen LogP contribution is -2.42. The average Bonchev–Trinajstić information content (AvgIpc) is 2.90. The summed E-state index contributed by atoms with van der Waals surface area (Å²) in [6.45, 7) is 2.81. The molecule has 0 spiro atoms. The molecule has 182 valence electrons. The summed E-state index contributed by atoms with van der Waals surface area (Å²) >= 11 is 0. The molecule has 1 amide bonds. The van der Waals surface area contributed by atoms with Gasteiger partial charge in [-0.05, 0) is 65.9 Å². The Hall–Kier alpha value is -4.07. The fourth-order valence-corrected chi connectivity index (χ4v) is 4.34. The second kappa shape index (κ2) is 10.5. The molecule has 1 atom stereocenters. The zero-order valence-electron chi connectivity index (χ0n) is 20.0. The van der Waals surface area contributed by atoms with E-state index in [1.165, 1.54) is 29.8 Å². The van der Waals surface area contributed by atoms with Crippen LogP contribution in [0.5, 0.6) is 17.2 Å². The molecule has 0 fully saturated rings. The van der Waals surface area contributed by atoms with Crippen molar-refractivity contribution in [3.8, 4) is 17.2 Å². The minimum absolute atomic E-state index is 0.0576. The smallest absolute Gasteiger partial charge is 0.269 e. The monoisotopic (exact) mass is 476 g/mol. The van der Waals surface area contributed by atoms with Crippen molar-refractivity contribution in [2.45, 2.75) is 25.8 Å². The van der Waals surface area contributed by atoms with Crippen LogP contribution in [-0.4, -0.2) is 43.1 Å². The second-order valence-electron chi connectivity index (χ2n) is 8.28. The first-order valence-electron chi connectivity index (χ1n) is 11.5. The summed E-state index contributed by atoms with van der Waals surface area (Å²) in [5.41, 5.74) is 3.53. The molecule has 0 unspecified atom stereocenters. The van der Waals surface area contributed by atoms with E-state index in [2.05, 4.69) is 6.92 Å². The van der Waals surface area contributed by atoms with Crippen molar-refractivity contribution < 1.29 is 23.9 Å². The zero-order chi connectivity index (χ0) is 24.9. The van der Waals surface area contributed by atoms with Crippen molar-refractivity contribution in [1.29, 1.82) is 0 Å². The summed E-state index contributed by atoms with van der Waals surface area (Å²) in [5.74, 6) is 1.72. The quantitative estimate of drug-likeness (QED) is 0.336. The molecule has 8 nitrogen and oxygen atoms in total. The van der Waals surface area contributed by atoms with E-state index in [4.69, 9.17) is 14.2 Å². The Morgan fingerprint density at radius 2 is 1.69 bits per heavy atom. The number of nitro groups is 1. The van der Waals surface area contributed by atoms with Crippen molar-refractivity contribution in [2.75, 3.05) is 27.4 Å². The number of nitro benzene ring substituents is 1. The molecule has 0 aromatic heterocycles. The summed E-state index contributed by atoms with van der Waals surface area (Å²) in [7, 11) is 3.17. The van der Waals surface area contributed by atoms with Crippen LogP contribution in [0.4, 0.5) is 5.69 Å². The molecule has 8 heteroatoms. The third-order valence-corrected chi connectivity index (χ3v) is 6.33. The Balaban J connectivity index is 1.67. The highest BCUT2D eigenvalue weighted by Gasteiger charge is 2.33. The molecule has 3 aromatic carbocycles. The molecule has 4 rings (SSSR count). The summed E-state index contributed by atoms with van der Waals surface area (Å²) < 4.78 is 17.1. The number of fused-ring (bicyclic) bond motifs is 1. The van der Waals surface area contributed by atoms with Crippen LogP contribution in [0.15, 0.2) is 60.7 Å². The van der Waals surface area contributed by atoms with Gasteiger partial charge >= 0.3 is 0 Å². The van der Waals surface area contributed by atoms with Gasteiger partial charge in [-0.25, -0.2) is 0 Å². The molecule has 1 heterocycles. The number of rotatable bonds is 8. The molecule has 1 aliphatic heterocycles. The molecular formula is C27H28N2O6. The molecule has 0 saturated carbocycles. The Kier molecular flexibility index (Phi) is 7.19. The van der Waals surface area contributed by atoms with E-state index < -0.39 is 4.92 Å². The van der Waals surface area contributed by atoms with Gasteiger partial charge in [0.25, 0.3) is 11.6 Å². The summed E-state index contributed by atoms with van der Waals surface area (Å²) in [5, 5.41) is 11.0. The van der Waals surface area contributed by atoms with Crippen LogP contribution in [-0.2, 0) is 12.8 Å². The van der Waals surface area contributed by atoms with Crippen molar-refractivity contribution >= 4 is 11.6 Å². The molecule has 35 heavy (non-hydrogen) atoms. The molecule has 0 N–H and O–H groups in total. The molecular weight excluding hydrogens is 448 g/mol. The number of amides is 1. The lowest BCUT2D eigenvalue weighted by Gasteiger charge is -2.37. The van der Waals surface area contributed by atoms with Gasteiger partial charge in [0.05, 0.1) is 25.2 Å². The van der Waals surface area contributed by atoms with Gasteiger partial charge in [-0.1, -0.05) is 19.1 Å². The first-order chi connectivity index (χ1) is 16.9. The molecule has 0 radical (unpaired) electrons. The van der Waals surface area contributed by atoms with Crippen LogP contribution in [0.3, 0.4) is 0 Å². The van der Waals surface area contributed by atoms with Crippen LogP contribution in [0.2, 0.25) is 0 Å². The second-order valence-corrected chi connectivity index (χ2v) is 8.28. The van der Waals surface area contributed by atoms with Gasteiger partial charge in [0.15, 0.2) is 11.5 Å². The third-order valence-electron chi connectivity index (χ3n) is 6.33. The van der Waals surface area contributed by atoms with E-state index in [9.17, 15) is 14.9 Å². The minimum Gasteiger partial charge on any atom is -0.493 e. The van der Waals surface area contributed by atoms with E-state index in [0.29, 0.717) is 30.0 Å². The Bertz CT molecular complexity index is 1210. The van der Waals surface area contributed by atoms with Gasteiger partial charge in [0.1, 0.15) is 12.4 Å². The molecule has 3 aromatic rings. The van der Waals surface area contributed by atoms with Gasteiger partial charge < -0.3 is 19.1 Å². The summed E-state index contributed by atoms with van der Waals surface area (Å²) in [6.07, 6.45) is 1.57. The third kappa shape index (κ3) is 5.06. The van der Waals surface area contributed by atoms with E-state index >= 15 is 0 Å². The Morgan fingerprint density at radius 1 is 1.03 bits per heavy atom. The molecule has 0 saturated heterocycles. The van der Waals surface area contributed by atoms with Gasteiger partial charge in [-0.3, -0.25) is 14.9 Å². The number of nitrogens with zero attached hydrogens (tertiary/aromatic N) is 2. The number of methoxy groups -OCH3 is 2. The number of hydrogen-bond donors (Lipinski definition) is 0. The van der Waals surface area contributed by atoms with Crippen molar-refractivity contribution in [1.82, 2.24) is 4.90 Å². The number of ether oxygens (including phenoxy) is 3. The molecule has 0 aliphatic carbocycles. The van der Waals surface area contributed by atoms with E-state index in [0.717, 1.165) is 23.3 Å². The lowest BCUT2D eigenvalue weighted by atomic mass is 9.91. The topological polar surface area (TPSA) is 91.1 Å². The predicted molar refractivity (Wildman–Crippen MR) is 131 cm³/mol. The van der Waals surface area contributed by atoms with E-state index in [1.54, 1.807) is 19.1 Å². The van der Waals surface area contributed by atoms with Crippen molar-refractivity contribution in [2.24, 2.45) is 0 Å². The van der Waals surface area contributed by atoms with Gasteiger partial charge in [-0.2, -0.15) is 0 Å². The minimum atomic E-state index is -0.481. The normalized spacial score (nSPS) is 14.7. The van der Waals surface area contributed by atoms with Crippen LogP contribution in [0, 0.1) is 10.1 Å². The number of carbonyl (C=O) groups excluding carboxylic acids is 1. The Morgan fingerprint density at radius 3 is 2.29 bits per heavy atom. The number of aryl methyl sites for hydroxylation is 1. The van der Waals surface area contributed by atoms with Crippen LogP contribution in [0.1, 0.15) is 40.0 Å². The number of carbonyl (C=O) groups is 1. The highest BCUT2D eigenvalue weighted by Crippen LogP contribution is 2.39. The maximum Gasteiger partial charge on any atom is 0.269 e. The fraction of sp³-hybridized carbons (Fsp3) is 0.296. The van der Waals surface area contributed by atoms with E-state index in [1.807, 2.05) is 36.4 Å². The summed E-state index contributed by atoms with van der Waals surface area (Å²) in [6, 6.07) is 17.1. The largest absolute Gasteiger partial charge is 0.493 e. The summed E-state index contributed by atoms with van der Waals surface area (Å²) in [4.78, 5) is 25.8. The van der Waals surface area contributed by atoms with Gasteiger partial charge in [0, 0.05) is 24.2 Å². The van der Waals surface area contributed by atoms with Gasteiger partial charge in [-0.15, -0.1) is 0 Å². The number of hydrogen-bond acceptors (Lipinski definition) is 6. The lowest BCUT2D eigenvalue weighted by molar-refractivity contribution is -0.384. The van der Waals surface area contributed by atoms with Crippen molar-refractivity contribution in [3.05, 3.63) is 93.0 Å². The maximum atomic E-state index is 13.5. The predicted octanol–water partition coefficient (Wildman–Crippen LogP) is 4.99. The number of non-ortho nitro benzene ring substituents is 1. The first kappa shape index (κ1) is 24.1. The first-order valence-corrected chi connectivity index (χ1v) is 11.5. The SMILES string of the molecule is CCc1ccc(OC[C@@H]2c3cc(OC)c(OC)cc3CCN2C(=O)c2ccc([N+](=O)[O-])cc2)cc1. The van der Waals surface area contributed by atoms with Crippen LogP contribution >= 0.6 is 0 Å². The van der Waals surface area contributed by atoms with Crippen LogP contribution < -0.4 is 14.2 Å². The number of benzene rings is 3. The zero-order valence-corrected chi connectivity index (χ0v) is 20.0. The maximum absolute atomic E-state index is 13.5. The Labute approximate surface area is 204 Å². The van der Waals surface area contributed by atoms with Crippen LogP contribution in [0.25, 0.3) is 0 Å². The van der Waals surface area contributed by atoms with Crippen molar-refractivity contribution in [3.63, 3.8) is 0 Å². The standard InChI is InChI=1S/C27H28N2O6/c1-4-18-5-11-22(12-6-18)35-17-24-23-16-26(34-3)25(33-2)15-20(23)13-14-28(24)27(30)19-7-9-21(10-8-19)29(31)32/h5-12,15-16,24H,4,13-14,17H2,1-3H3/t24-/m1/s1. The average molecular weight is 477 g/mol. The fourth-order valence-electron chi connectivity index (χ4n) is 4.34. The highest BCUT2D eigenvalue weighted by molar-refractivity contribution is 5.95. The van der Waals surface area contributed by atoms with E-state index in [-0.39, 0.29) is 24.2 Å². The van der Waals surface area contributed by atoms with Gasteiger partial charge in [0.2, 0.25) is 0 Å². The highest BCUT2D eigenvalue weighted by atomic mass is 16.6. The molecule has 0 bridgehead atoms. The molecule has 1 aliphatic rings.